The average Bonchev–Trinajstić information content (AvgIpc) is 1.85. The van der Waals surface area contributed by atoms with Crippen molar-refractivity contribution in [2.75, 3.05) is 0 Å². The lowest BCUT2D eigenvalue weighted by Crippen LogP contribution is -2.00. The molecular weight excluding hydrogens is 168 g/mol. The summed E-state index contributed by atoms with van der Waals surface area (Å²) in [6.45, 7) is 0. The molecule has 1 rings (SSSR count). The van der Waals surface area contributed by atoms with E-state index < -0.39 is 6.16 Å². The standard InChI is InChI=1S/C7H4ClO3/c8-5-2-1-3-6(4-5)11-7(9)10/h1-4H. The highest BCUT2D eigenvalue weighted by Gasteiger charge is 2.01. The fraction of sp³-hybridized carbons (Fsp3) is 0. The van der Waals surface area contributed by atoms with Crippen molar-refractivity contribution in [3.8, 4) is 5.75 Å². The lowest BCUT2D eigenvalue weighted by Gasteiger charge is -1.96. The van der Waals surface area contributed by atoms with Crippen LogP contribution in [0.25, 0.3) is 0 Å². The predicted octanol–water partition coefficient (Wildman–Crippen LogP) is 2.27. The van der Waals surface area contributed by atoms with E-state index >= 15 is 0 Å². The molecule has 4 heteroatoms. The average molecular weight is 172 g/mol. The molecule has 1 radical (unpaired) electrons. The van der Waals surface area contributed by atoms with Crippen molar-refractivity contribution in [3.05, 3.63) is 29.3 Å². The molecule has 0 unspecified atom stereocenters. The molecule has 0 saturated carbocycles. The minimum atomic E-state index is -1.59. The monoisotopic (exact) mass is 171 g/mol. The van der Waals surface area contributed by atoms with Crippen LogP contribution in [0.3, 0.4) is 0 Å². The first kappa shape index (κ1) is 7.88. The molecule has 11 heavy (non-hydrogen) atoms. The maximum Gasteiger partial charge on any atom is 0.555 e. The van der Waals surface area contributed by atoms with Gasteiger partial charge in [-0.2, -0.15) is 9.90 Å². The van der Waals surface area contributed by atoms with E-state index in [9.17, 15) is 9.90 Å². The predicted molar refractivity (Wildman–Crippen MR) is 38.2 cm³/mol. The van der Waals surface area contributed by atoms with E-state index in [-0.39, 0.29) is 5.75 Å². The van der Waals surface area contributed by atoms with Crippen LogP contribution in [0.2, 0.25) is 5.02 Å². The molecule has 0 spiro atoms. The van der Waals surface area contributed by atoms with E-state index in [4.69, 9.17) is 11.6 Å². The Kier molecular flexibility index (Phi) is 2.33. The Morgan fingerprint density at radius 1 is 1.45 bits per heavy atom. The molecule has 0 saturated heterocycles. The van der Waals surface area contributed by atoms with E-state index in [2.05, 4.69) is 4.74 Å². The highest BCUT2D eigenvalue weighted by molar-refractivity contribution is 6.30. The van der Waals surface area contributed by atoms with Crippen LogP contribution in [0.15, 0.2) is 24.3 Å². The second-order valence-electron chi connectivity index (χ2n) is 1.81. The minimum Gasteiger partial charge on any atom is -0.392 e. The number of carbonyl (C=O) groups is 1. The molecule has 0 aliphatic carbocycles. The maximum absolute atomic E-state index is 9.90. The normalized spacial score (nSPS) is 9.18. The number of halogens is 1. The first-order chi connectivity index (χ1) is 5.18. The molecule has 1 aromatic rings. The molecule has 57 valence electrons. The summed E-state index contributed by atoms with van der Waals surface area (Å²) < 4.78 is 4.22. The van der Waals surface area contributed by atoms with Crippen molar-refractivity contribution in [2.45, 2.75) is 0 Å². The zero-order valence-corrected chi connectivity index (χ0v) is 6.17. The summed E-state index contributed by atoms with van der Waals surface area (Å²) in [7, 11) is 0. The molecule has 0 aliphatic heterocycles. The summed E-state index contributed by atoms with van der Waals surface area (Å²) in [5.41, 5.74) is 0. The SMILES string of the molecule is [O]C(=O)Oc1cccc(Cl)c1. The van der Waals surface area contributed by atoms with Gasteiger partial charge in [0.05, 0.1) is 0 Å². The molecule has 1 aromatic carbocycles. The molecule has 0 aliphatic rings. The Hall–Kier alpha value is -1.22. The van der Waals surface area contributed by atoms with Gasteiger partial charge in [-0.3, -0.25) is 0 Å². The second kappa shape index (κ2) is 3.25. The number of ether oxygens (including phenoxy) is 1. The molecule has 0 amide bonds. The lowest BCUT2D eigenvalue weighted by atomic mass is 10.3. The van der Waals surface area contributed by atoms with Crippen molar-refractivity contribution in [1.82, 2.24) is 0 Å². The Morgan fingerprint density at radius 3 is 2.73 bits per heavy atom. The zero-order chi connectivity index (χ0) is 8.27. The van der Waals surface area contributed by atoms with E-state index in [1.807, 2.05) is 0 Å². The summed E-state index contributed by atoms with van der Waals surface area (Å²) in [6, 6.07) is 6.06. The van der Waals surface area contributed by atoms with Crippen molar-refractivity contribution < 1.29 is 14.6 Å². The van der Waals surface area contributed by atoms with Crippen molar-refractivity contribution in [3.63, 3.8) is 0 Å². The molecule has 0 bridgehead atoms. The van der Waals surface area contributed by atoms with Crippen molar-refractivity contribution in [1.29, 1.82) is 0 Å². The fourth-order valence-corrected chi connectivity index (χ4v) is 0.807. The van der Waals surface area contributed by atoms with Gasteiger partial charge in [0.1, 0.15) is 5.75 Å². The Morgan fingerprint density at radius 2 is 2.18 bits per heavy atom. The smallest absolute Gasteiger partial charge is 0.392 e. The van der Waals surface area contributed by atoms with Crippen LogP contribution in [0.1, 0.15) is 0 Å². The van der Waals surface area contributed by atoms with E-state index in [0.717, 1.165) is 0 Å². The molecule has 0 aromatic heterocycles. The quantitative estimate of drug-likeness (QED) is 0.481. The molecule has 3 nitrogen and oxygen atoms in total. The Labute approximate surface area is 68.2 Å². The van der Waals surface area contributed by atoms with Crippen LogP contribution in [0.5, 0.6) is 5.75 Å². The third kappa shape index (κ3) is 2.47. The minimum absolute atomic E-state index is 0.164. The third-order valence-electron chi connectivity index (χ3n) is 0.997. The van der Waals surface area contributed by atoms with Gasteiger partial charge in [-0.05, 0) is 18.2 Å². The van der Waals surface area contributed by atoms with Gasteiger partial charge >= 0.3 is 6.16 Å². The molecule has 0 atom stereocenters. The van der Waals surface area contributed by atoms with Crippen molar-refractivity contribution in [2.24, 2.45) is 0 Å². The maximum atomic E-state index is 9.90. The van der Waals surface area contributed by atoms with Crippen LogP contribution in [0.4, 0.5) is 4.79 Å². The van der Waals surface area contributed by atoms with Gasteiger partial charge in [0.2, 0.25) is 0 Å². The Bertz CT molecular complexity index is 272. The topological polar surface area (TPSA) is 46.2 Å². The van der Waals surface area contributed by atoms with Gasteiger partial charge in [-0.25, -0.2) is 0 Å². The second-order valence-corrected chi connectivity index (χ2v) is 2.25. The highest BCUT2D eigenvalue weighted by Crippen LogP contribution is 2.16. The fourth-order valence-electron chi connectivity index (χ4n) is 0.627. The van der Waals surface area contributed by atoms with Gasteiger partial charge in [-0.15, -0.1) is 0 Å². The van der Waals surface area contributed by atoms with E-state index in [1.54, 1.807) is 12.1 Å². The van der Waals surface area contributed by atoms with E-state index in [0.29, 0.717) is 5.02 Å². The Balaban J connectivity index is 2.79. The third-order valence-corrected chi connectivity index (χ3v) is 1.23. The summed E-state index contributed by atoms with van der Waals surface area (Å²) in [4.78, 5) is 9.90. The summed E-state index contributed by atoms with van der Waals surface area (Å²) in [6.07, 6.45) is -1.59. The lowest BCUT2D eigenvalue weighted by molar-refractivity contribution is 0.117. The molecule has 0 fully saturated rings. The molecule has 0 heterocycles. The van der Waals surface area contributed by atoms with Gasteiger partial charge in [-0.1, -0.05) is 17.7 Å². The molecular formula is C7H4ClO3. The van der Waals surface area contributed by atoms with Crippen LogP contribution >= 0.6 is 11.6 Å². The zero-order valence-electron chi connectivity index (χ0n) is 5.41. The van der Waals surface area contributed by atoms with Crippen molar-refractivity contribution >= 4 is 17.8 Å². The van der Waals surface area contributed by atoms with Crippen LogP contribution in [0, 0.1) is 0 Å². The number of hydrogen-bond donors (Lipinski definition) is 0. The number of rotatable bonds is 1. The van der Waals surface area contributed by atoms with Gasteiger partial charge in [0.15, 0.2) is 0 Å². The largest absolute Gasteiger partial charge is 0.555 e. The summed E-state index contributed by atoms with van der Waals surface area (Å²) in [5.74, 6) is 0.164. The van der Waals surface area contributed by atoms with E-state index in [1.165, 1.54) is 12.1 Å². The molecule has 0 N–H and O–H groups in total. The number of benzene rings is 1. The van der Waals surface area contributed by atoms with Crippen LogP contribution < -0.4 is 4.74 Å². The number of hydrogen-bond acceptors (Lipinski definition) is 2. The first-order valence-electron chi connectivity index (χ1n) is 2.83. The van der Waals surface area contributed by atoms with Gasteiger partial charge in [0, 0.05) is 5.02 Å². The highest BCUT2D eigenvalue weighted by atomic mass is 35.5. The summed E-state index contributed by atoms with van der Waals surface area (Å²) >= 11 is 5.53. The first-order valence-corrected chi connectivity index (χ1v) is 3.20. The number of carbonyl (C=O) groups excluding carboxylic acids is 1. The van der Waals surface area contributed by atoms with Crippen LogP contribution in [-0.4, -0.2) is 6.16 Å². The van der Waals surface area contributed by atoms with Crippen LogP contribution in [-0.2, 0) is 5.11 Å². The van der Waals surface area contributed by atoms with Gasteiger partial charge in [0.25, 0.3) is 0 Å². The summed E-state index contributed by atoms with van der Waals surface area (Å²) in [5, 5.41) is 10.3. The van der Waals surface area contributed by atoms with Gasteiger partial charge < -0.3 is 4.74 Å².